The van der Waals surface area contributed by atoms with Crippen molar-refractivity contribution in [2.24, 2.45) is 0 Å². The van der Waals surface area contributed by atoms with Gasteiger partial charge in [-0.25, -0.2) is 13.2 Å². The lowest BCUT2D eigenvalue weighted by molar-refractivity contribution is -0.139. The fourth-order valence-corrected chi connectivity index (χ4v) is 4.55. The van der Waals surface area contributed by atoms with E-state index in [-0.39, 0.29) is 22.1 Å². The van der Waals surface area contributed by atoms with Gasteiger partial charge in [0, 0.05) is 17.5 Å². The van der Waals surface area contributed by atoms with E-state index >= 15 is 0 Å². The number of benzene rings is 2. The number of sulfone groups is 1. The van der Waals surface area contributed by atoms with Gasteiger partial charge < -0.3 is 15.2 Å². The van der Waals surface area contributed by atoms with Gasteiger partial charge in [0.2, 0.25) is 5.91 Å². The zero-order valence-corrected chi connectivity index (χ0v) is 17.9. The highest BCUT2D eigenvalue weighted by molar-refractivity contribution is 7.91. The number of hydrogen-bond donors (Lipinski definition) is 2. The molecule has 0 unspecified atom stereocenters. The minimum absolute atomic E-state index is 0.0145. The van der Waals surface area contributed by atoms with Crippen molar-refractivity contribution in [2.45, 2.75) is 32.1 Å². The fraction of sp³-hybridized carbons (Fsp3) is 0.300. The average molecular weight is 440 g/mol. The van der Waals surface area contributed by atoms with Crippen molar-refractivity contribution < 1.29 is 27.9 Å². The van der Waals surface area contributed by atoms with Gasteiger partial charge in [-0.1, -0.05) is 18.5 Å². The lowest BCUT2D eigenvalue weighted by Crippen LogP contribution is -2.14. The molecule has 0 aliphatic carbocycles. The Labute approximate surface area is 174 Å². The largest absolute Gasteiger partial charge is 0.481 e. The topological polar surface area (TPSA) is 110 Å². The Hall–Kier alpha value is -2.58. The van der Waals surface area contributed by atoms with Crippen molar-refractivity contribution in [3.63, 3.8) is 0 Å². The van der Waals surface area contributed by atoms with E-state index in [1.807, 2.05) is 0 Å². The van der Waals surface area contributed by atoms with Gasteiger partial charge in [0.05, 0.1) is 16.3 Å². The molecule has 2 rings (SSSR count). The molecule has 0 saturated carbocycles. The summed E-state index contributed by atoms with van der Waals surface area (Å²) < 4.78 is 31.0. The molecule has 0 heterocycles. The van der Waals surface area contributed by atoms with E-state index < -0.39 is 28.3 Å². The zero-order chi connectivity index (χ0) is 21.8. The van der Waals surface area contributed by atoms with Crippen LogP contribution in [0, 0.1) is 6.92 Å². The third-order valence-corrected chi connectivity index (χ3v) is 6.22. The maximum atomic E-state index is 12.8. The van der Waals surface area contributed by atoms with E-state index in [9.17, 15) is 18.0 Å². The second kappa shape index (κ2) is 9.28. The number of carboxylic acids is 1. The van der Waals surface area contributed by atoms with Gasteiger partial charge in [-0.15, -0.1) is 0 Å². The SMILES string of the molecule is CCCS(=O)(=O)c1cc(-c2cc(Cl)ccc2OCC(=O)O)c(C)cc1NC(C)=O. The first kappa shape index (κ1) is 22.7. The van der Waals surface area contributed by atoms with Crippen LogP contribution in [0.4, 0.5) is 5.69 Å². The summed E-state index contributed by atoms with van der Waals surface area (Å²) in [6.45, 7) is 4.24. The summed E-state index contributed by atoms with van der Waals surface area (Å²) in [5.41, 5.74) is 1.82. The molecule has 2 aromatic rings. The number of hydrogen-bond acceptors (Lipinski definition) is 5. The van der Waals surface area contributed by atoms with Crippen LogP contribution in [-0.2, 0) is 19.4 Å². The van der Waals surface area contributed by atoms with Crippen LogP contribution in [0.5, 0.6) is 5.75 Å². The molecule has 1 amide bonds. The molecule has 0 aliphatic rings. The van der Waals surface area contributed by atoms with Gasteiger partial charge in [-0.05, 0) is 54.8 Å². The number of aliphatic carboxylic acids is 1. The number of nitrogens with one attached hydrogen (secondary N) is 1. The van der Waals surface area contributed by atoms with Gasteiger partial charge in [0.15, 0.2) is 16.4 Å². The minimum atomic E-state index is -3.67. The quantitative estimate of drug-likeness (QED) is 0.645. The number of amides is 1. The predicted octanol–water partition coefficient (Wildman–Crippen LogP) is 3.92. The molecule has 0 fully saturated rings. The monoisotopic (exact) mass is 439 g/mol. The van der Waals surface area contributed by atoms with Gasteiger partial charge in [-0.2, -0.15) is 0 Å². The van der Waals surface area contributed by atoms with Gasteiger partial charge in [-0.3, -0.25) is 4.79 Å². The van der Waals surface area contributed by atoms with E-state index in [2.05, 4.69) is 5.32 Å². The molecule has 0 radical (unpaired) electrons. The highest BCUT2D eigenvalue weighted by Gasteiger charge is 2.22. The summed E-state index contributed by atoms with van der Waals surface area (Å²) >= 11 is 6.11. The van der Waals surface area contributed by atoms with Crippen LogP contribution >= 0.6 is 11.6 Å². The lowest BCUT2D eigenvalue weighted by Gasteiger charge is -2.17. The maximum absolute atomic E-state index is 12.8. The molecule has 156 valence electrons. The number of anilines is 1. The van der Waals surface area contributed by atoms with Crippen molar-refractivity contribution in [1.29, 1.82) is 0 Å². The average Bonchev–Trinajstić information content (AvgIpc) is 2.60. The van der Waals surface area contributed by atoms with E-state index in [4.69, 9.17) is 21.4 Å². The van der Waals surface area contributed by atoms with Crippen molar-refractivity contribution in [3.8, 4) is 16.9 Å². The second-order valence-corrected chi connectivity index (χ2v) is 9.00. The van der Waals surface area contributed by atoms with Crippen molar-refractivity contribution in [2.75, 3.05) is 17.7 Å². The molecule has 0 bridgehead atoms. The smallest absolute Gasteiger partial charge is 0.341 e. The lowest BCUT2D eigenvalue weighted by atomic mass is 9.99. The van der Waals surface area contributed by atoms with Crippen LogP contribution in [0.2, 0.25) is 5.02 Å². The normalized spacial score (nSPS) is 11.2. The van der Waals surface area contributed by atoms with Gasteiger partial charge >= 0.3 is 5.97 Å². The van der Waals surface area contributed by atoms with Gasteiger partial charge in [0.1, 0.15) is 5.75 Å². The number of carbonyl (C=O) groups is 2. The van der Waals surface area contributed by atoms with E-state index in [1.165, 1.54) is 19.1 Å². The Morgan fingerprint density at radius 2 is 1.86 bits per heavy atom. The molecule has 9 heteroatoms. The Morgan fingerprint density at radius 1 is 1.17 bits per heavy atom. The first-order chi connectivity index (χ1) is 13.5. The molecular weight excluding hydrogens is 418 g/mol. The highest BCUT2D eigenvalue weighted by atomic mass is 35.5. The Kier molecular flexibility index (Phi) is 7.26. The van der Waals surface area contributed by atoms with Crippen LogP contribution in [0.1, 0.15) is 25.8 Å². The number of ether oxygens (including phenoxy) is 1. The molecule has 0 aromatic heterocycles. The Morgan fingerprint density at radius 3 is 2.45 bits per heavy atom. The number of halogens is 1. The predicted molar refractivity (Wildman–Crippen MR) is 111 cm³/mol. The molecular formula is C20H22ClNO6S. The fourth-order valence-electron chi connectivity index (χ4n) is 2.88. The van der Waals surface area contributed by atoms with Crippen LogP contribution in [0.3, 0.4) is 0 Å². The van der Waals surface area contributed by atoms with E-state index in [1.54, 1.807) is 32.0 Å². The van der Waals surface area contributed by atoms with Crippen LogP contribution < -0.4 is 10.1 Å². The number of carbonyl (C=O) groups excluding carboxylic acids is 1. The van der Waals surface area contributed by atoms with Crippen molar-refractivity contribution in [3.05, 3.63) is 40.9 Å². The molecule has 2 N–H and O–H groups in total. The molecule has 0 spiro atoms. The Balaban J connectivity index is 2.72. The summed E-state index contributed by atoms with van der Waals surface area (Å²) in [7, 11) is -3.67. The second-order valence-electron chi connectivity index (χ2n) is 6.49. The first-order valence-corrected chi connectivity index (χ1v) is 10.9. The molecule has 0 atom stereocenters. The molecule has 29 heavy (non-hydrogen) atoms. The summed E-state index contributed by atoms with van der Waals surface area (Å²) in [4.78, 5) is 22.4. The van der Waals surface area contributed by atoms with Gasteiger partial charge in [0.25, 0.3) is 0 Å². The van der Waals surface area contributed by atoms with Crippen LogP contribution in [0.25, 0.3) is 11.1 Å². The Bertz CT molecular complexity index is 1050. The summed E-state index contributed by atoms with van der Waals surface area (Å²) in [6.07, 6.45) is 0.412. The maximum Gasteiger partial charge on any atom is 0.341 e. The van der Waals surface area contributed by atoms with E-state index in [0.717, 1.165) is 0 Å². The van der Waals surface area contributed by atoms with E-state index in [0.29, 0.717) is 28.1 Å². The minimum Gasteiger partial charge on any atom is -0.481 e. The molecule has 2 aromatic carbocycles. The molecule has 0 aliphatic heterocycles. The van der Waals surface area contributed by atoms with Crippen molar-refractivity contribution in [1.82, 2.24) is 0 Å². The third kappa shape index (κ3) is 5.71. The summed E-state index contributed by atoms with van der Waals surface area (Å²) in [6, 6.07) is 7.70. The van der Waals surface area contributed by atoms with Crippen LogP contribution in [0.15, 0.2) is 35.2 Å². The zero-order valence-electron chi connectivity index (χ0n) is 16.3. The summed E-state index contributed by atoms with van der Waals surface area (Å²) in [5, 5.41) is 11.9. The standard InChI is InChI=1S/C20H22ClNO6S/c1-4-7-29(26,27)19-10-15(12(2)8-17(19)22-13(3)23)16-9-14(21)5-6-18(16)28-11-20(24)25/h5-6,8-10H,4,7,11H2,1-3H3,(H,22,23)(H,24,25). The summed E-state index contributed by atoms with van der Waals surface area (Å²) in [5.74, 6) is -1.36. The number of aryl methyl sites for hydroxylation is 1. The highest BCUT2D eigenvalue weighted by Crippen LogP contribution is 2.38. The molecule has 7 nitrogen and oxygen atoms in total. The molecule has 0 saturated heterocycles. The third-order valence-electron chi connectivity index (χ3n) is 4.03. The van der Waals surface area contributed by atoms with Crippen molar-refractivity contribution >= 4 is 39.0 Å². The number of carboxylic acid groups (broad SMARTS) is 1. The number of rotatable bonds is 8. The first-order valence-electron chi connectivity index (χ1n) is 8.84. The van der Waals surface area contributed by atoms with Crippen LogP contribution in [-0.4, -0.2) is 37.8 Å².